The molecule has 0 saturated heterocycles. The van der Waals surface area contributed by atoms with Crippen molar-refractivity contribution < 1.29 is 0 Å². The summed E-state index contributed by atoms with van der Waals surface area (Å²) in [6.07, 6.45) is 0. The van der Waals surface area contributed by atoms with Crippen LogP contribution in [0.1, 0.15) is 17.2 Å². The van der Waals surface area contributed by atoms with E-state index in [4.69, 9.17) is 11.6 Å². The molecule has 2 N–H and O–H groups in total. The van der Waals surface area contributed by atoms with E-state index in [0.717, 1.165) is 17.1 Å². The Morgan fingerprint density at radius 2 is 2.31 bits per heavy atom. The average Bonchev–Trinajstić information content (AvgIpc) is 2.55. The van der Waals surface area contributed by atoms with Crippen molar-refractivity contribution >= 4 is 17.3 Å². The number of hydrogen-bond donors (Lipinski definition) is 2. The maximum Gasteiger partial charge on any atom is 0.0513 e. The summed E-state index contributed by atoms with van der Waals surface area (Å²) in [7, 11) is 1.98. The van der Waals surface area contributed by atoms with Gasteiger partial charge in [0.15, 0.2) is 0 Å². The van der Waals surface area contributed by atoms with Gasteiger partial charge < -0.3 is 10.6 Å². The van der Waals surface area contributed by atoms with Crippen molar-refractivity contribution in [3.05, 3.63) is 28.3 Å². The Morgan fingerprint density at radius 3 is 3.00 bits per heavy atom. The third-order valence-corrected chi connectivity index (χ3v) is 3.05. The molecule has 2 rings (SSSR count). The molecule has 1 atom stereocenters. The standard InChI is InChI=1S/C10H13ClN2/c1-6-8(11)4-3-7-9(12-2)5-13-10(6)7/h3-4,9,12-13H,5H2,1-2H3. The Morgan fingerprint density at radius 1 is 1.54 bits per heavy atom. The lowest BCUT2D eigenvalue weighted by Gasteiger charge is -2.09. The lowest BCUT2D eigenvalue weighted by molar-refractivity contribution is 0.648. The van der Waals surface area contributed by atoms with Crippen LogP contribution in [0.15, 0.2) is 12.1 Å². The van der Waals surface area contributed by atoms with E-state index < -0.39 is 0 Å². The van der Waals surface area contributed by atoms with Crippen LogP contribution in [-0.4, -0.2) is 13.6 Å². The summed E-state index contributed by atoms with van der Waals surface area (Å²) in [5.74, 6) is 0. The molecule has 0 bridgehead atoms. The molecule has 1 aliphatic rings. The van der Waals surface area contributed by atoms with Gasteiger partial charge in [-0.3, -0.25) is 0 Å². The summed E-state index contributed by atoms with van der Waals surface area (Å²) in [6, 6.07) is 4.48. The van der Waals surface area contributed by atoms with Crippen molar-refractivity contribution in [3.63, 3.8) is 0 Å². The van der Waals surface area contributed by atoms with E-state index in [1.807, 2.05) is 20.0 Å². The third-order valence-electron chi connectivity index (χ3n) is 2.64. The van der Waals surface area contributed by atoms with Crippen LogP contribution in [0.2, 0.25) is 5.02 Å². The number of nitrogens with one attached hydrogen (secondary N) is 2. The van der Waals surface area contributed by atoms with Gasteiger partial charge in [0.25, 0.3) is 0 Å². The van der Waals surface area contributed by atoms with Crippen molar-refractivity contribution in [2.45, 2.75) is 13.0 Å². The second-order valence-electron chi connectivity index (χ2n) is 3.36. The Balaban J connectivity index is 2.50. The first-order valence-electron chi connectivity index (χ1n) is 4.44. The first-order chi connectivity index (χ1) is 6.24. The minimum Gasteiger partial charge on any atom is -0.383 e. The molecule has 13 heavy (non-hydrogen) atoms. The number of likely N-dealkylation sites (N-methyl/N-ethyl adjacent to an activating group) is 1. The second-order valence-corrected chi connectivity index (χ2v) is 3.77. The van der Waals surface area contributed by atoms with Gasteiger partial charge in [-0.1, -0.05) is 17.7 Å². The molecule has 1 aromatic carbocycles. The Labute approximate surface area is 83.3 Å². The molecular formula is C10H13ClN2. The molecule has 0 aromatic heterocycles. The molecule has 1 heterocycles. The normalized spacial score (nSPS) is 19.8. The van der Waals surface area contributed by atoms with Crippen LogP contribution in [0, 0.1) is 6.92 Å². The molecule has 0 amide bonds. The molecule has 0 saturated carbocycles. The molecule has 0 fully saturated rings. The van der Waals surface area contributed by atoms with Crippen molar-refractivity contribution in [2.75, 3.05) is 18.9 Å². The predicted octanol–water partition coefficient (Wildman–Crippen LogP) is 2.33. The van der Waals surface area contributed by atoms with E-state index in [1.165, 1.54) is 11.3 Å². The highest BCUT2D eigenvalue weighted by atomic mass is 35.5. The zero-order valence-corrected chi connectivity index (χ0v) is 8.57. The fraction of sp³-hybridized carbons (Fsp3) is 0.400. The molecule has 0 aliphatic carbocycles. The molecule has 1 aliphatic heterocycles. The SMILES string of the molecule is CNC1CNc2c1ccc(Cl)c2C. The number of halogens is 1. The van der Waals surface area contributed by atoms with Gasteiger partial charge in [-0.15, -0.1) is 0 Å². The van der Waals surface area contributed by atoms with Crippen LogP contribution < -0.4 is 10.6 Å². The van der Waals surface area contributed by atoms with Gasteiger partial charge in [-0.25, -0.2) is 0 Å². The maximum absolute atomic E-state index is 6.02. The molecule has 0 radical (unpaired) electrons. The minimum absolute atomic E-state index is 0.422. The second kappa shape index (κ2) is 3.20. The van der Waals surface area contributed by atoms with Gasteiger partial charge in [-0.05, 0) is 31.2 Å². The minimum atomic E-state index is 0.422. The van der Waals surface area contributed by atoms with E-state index in [-0.39, 0.29) is 0 Å². The van der Waals surface area contributed by atoms with Crippen molar-refractivity contribution in [3.8, 4) is 0 Å². The van der Waals surface area contributed by atoms with Crippen LogP contribution in [0.25, 0.3) is 0 Å². The van der Waals surface area contributed by atoms with E-state index >= 15 is 0 Å². The molecule has 1 aromatic rings. The van der Waals surface area contributed by atoms with E-state index in [9.17, 15) is 0 Å². The van der Waals surface area contributed by atoms with Gasteiger partial charge in [0.05, 0.1) is 6.04 Å². The van der Waals surface area contributed by atoms with Crippen molar-refractivity contribution in [1.29, 1.82) is 0 Å². The van der Waals surface area contributed by atoms with E-state index in [1.54, 1.807) is 0 Å². The molecule has 0 spiro atoms. The van der Waals surface area contributed by atoms with Crippen molar-refractivity contribution in [2.24, 2.45) is 0 Å². The van der Waals surface area contributed by atoms with Crippen LogP contribution in [0.4, 0.5) is 5.69 Å². The first-order valence-corrected chi connectivity index (χ1v) is 4.82. The quantitative estimate of drug-likeness (QED) is 0.721. The lowest BCUT2D eigenvalue weighted by Crippen LogP contribution is -2.17. The van der Waals surface area contributed by atoms with E-state index in [0.29, 0.717) is 6.04 Å². The summed E-state index contributed by atoms with van der Waals surface area (Å²) in [5, 5.41) is 7.46. The Kier molecular flexibility index (Phi) is 2.18. The Bertz CT molecular complexity index is 336. The monoisotopic (exact) mass is 196 g/mol. The third kappa shape index (κ3) is 1.30. The Hall–Kier alpha value is -0.730. The number of fused-ring (bicyclic) bond motifs is 1. The number of hydrogen-bond acceptors (Lipinski definition) is 2. The molecule has 70 valence electrons. The highest BCUT2D eigenvalue weighted by molar-refractivity contribution is 6.31. The zero-order valence-electron chi connectivity index (χ0n) is 7.82. The predicted molar refractivity (Wildman–Crippen MR) is 56.5 cm³/mol. The number of rotatable bonds is 1. The largest absolute Gasteiger partial charge is 0.383 e. The highest BCUT2D eigenvalue weighted by Crippen LogP contribution is 2.35. The number of anilines is 1. The molecule has 1 unspecified atom stereocenters. The van der Waals surface area contributed by atoms with Crippen LogP contribution in [0.3, 0.4) is 0 Å². The molecular weight excluding hydrogens is 184 g/mol. The van der Waals surface area contributed by atoms with Gasteiger partial charge in [0.2, 0.25) is 0 Å². The summed E-state index contributed by atoms with van der Waals surface area (Å²) < 4.78 is 0. The van der Waals surface area contributed by atoms with Crippen molar-refractivity contribution in [1.82, 2.24) is 5.32 Å². The van der Waals surface area contributed by atoms with Gasteiger partial charge in [0, 0.05) is 17.3 Å². The highest BCUT2D eigenvalue weighted by Gasteiger charge is 2.22. The topological polar surface area (TPSA) is 24.1 Å². The first kappa shape index (κ1) is 8.85. The van der Waals surface area contributed by atoms with Crippen LogP contribution in [-0.2, 0) is 0 Å². The zero-order chi connectivity index (χ0) is 9.42. The molecule has 3 heteroatoms. The molecule has 2 nitrogen and oxygen atoms in total. The van der Waals surface area contributed by atoms with E-state index in [2.05, 4.69) is 16.7 Å². The van der Waals surface area contributed by atoms with Gasteiger partial charge in [-0.2, -0.15) is 0 Å². The van der Waals surface area contributed by atoms with Crippen LogP contribution in [0.5, 0.6) is 0 Å². The van der Waals surface area contributed by atoms with Crippen LogP contribution >= 0.6 is 11.6 Å². The smallest absolute Gasteiger partial charge is 0.0513 e. The summed E-state index contributed by atoms with van der Waals surface area (Å²) in [4.78, 5) is 0. The summed E-state index contributed by atoms with van der Waals surface area (Å²) in [6.45, 7) is 3.00. The average molecular weight is 197 g/mol. The fourth-order valence-electron chi connectivity index (χ4n) is 1.80. The van der Waals surface area contributed by atoms with Gasteiger partial charge in [0.1, 0.15) is 0 Å². The van der Waals surface area contributed by atoms with Gasteiger partial charge >= 0.3 is 0 Å². The number of benzene rings is 1. The summed E-state index contributed by atoms with van der Waals surface area (Å²) in [5.41, 5.74) is 3.67. The lowest BCUT2D eigenvalue weighted by atomic mass is 10.1. The maximum atomic E-state index is 6.02. The fourth-order valence-corrected chi connectivity index (χ4v) is 1.96. The summed E-state index contributed by atoms with van der Waals surface area (Å²) >= 11 is 6.02.